The Morgan fingerprint density at radius 3 is 2.40 bits per heavy atom. The van der Waals surface area contributed by atoms with Crippen LogP contribution in [-0.4, -0.2) is 21.0 Å². The van der Waals surface area contributed by atoms with Crippen LogP contribution in [0.1, 0.15) is 50.0 Å². The summed E-state index contributed by atoms with van der Waals surface area (Å²) in [6, 6.07) is 0. The number of imidazole rings is 1. The molecule has 0 unspecified atom stereocenters. The Kier molecular flexibility index (Phi) is 2.69. The van der Waals surface area contributed by atoms with Gasteiger partial charge in [0.15, 0.2) is 0 Å². The normalized spacial score (nSPS) is 38.3. The monoisotopic (exact) mass is 274 g/mol. The number of hydrogen-bond acceptors (Lipinski definition) is 2. The van der Waals surface area contributed by atoms with Gasteiger partial charge >= 0.3 is 5.97 Å². The van der Waals surface area contributed by atoms with Crippen LogP contribution >= 0.6 is 0 Å². The number of nitrogens with zero attached hydrogens (tertiary/aromatic N) is 1. The van der Waals surface area contributed by atoms with Crippen molar-refractivity contribution in [2.45, 2.75) is 51.4 Å². The summed E-state index contributed by atoms with van der Waals surface area (Å²) in [6.45, 7) is 0. The van der Waals surface area contributed by atoms with Gasteiger partial charge in [0.25, 0.3) is 0 Å². The molecule has 4 heteroatoms. The number of carboxylic acid groups (broad SMARTS) is 1. The lowest BCUT2D eigenvalue weighted by Crippen LogP contribution is -2.47. The Bertz CT molecular complexity index is 499. The van der Waals surface area contributed by atoms with Crippen molar-refractivity contribution in [3.63, 3.8) is 0 Å². The number of rotatable bonds is 4. The van der Waals surface area contributed by atoms with Gasteiger partial charge in [-0.2, -0.15) is 0 Å². The maximum atomic E-state index is 10.7. The number of hydrogen-bond donors (Lipinski definition) is 2. The third-order valence-corrected chi connectivity index (χ3v) is 5.73. The summed E-state index contributed by atoms with van der Waals surface area (Å²) in [5, 5.41) is 8.83. The topological polar surface area (TPSA) is 66.0 Å². The van der Waals surface area contributed by atoms with Gasteiger partial charge in [-0.3, -0.25) is 4.79 Å². The van der Waals surface area contributed by atoms with E-state index in [9.17, 15) is 4.79 Å². The number of carboxylic acids is 1. The maximum absolute atomic E-state index is 10.7. The molecule has 0 aliphatic heterocycles. The standard InChI is InChI=1S/C16H22N2O2/c19-15(20)4-13-9-17-14(18-13)8-16-5-10-1-11(6-16)3-12(2-10)7-16/h9-12H,1-8H2,(H,17,18)(H,19,20). The van der Waals surface area contributed by atoms with Crippen LogP contribution in [0.5, 0.6) is 0 Å². The van der Waals surface area contributed by atoms with E-state index in [1.807, 2.05) is 0 Å². The summed E-state index contributed by atoms with van der Waals surface area (Å²) >= 11 is 0. The molecule has 2 N–H and O–H groups in total. The van der Waals surface area contributed by atoms with Crippen molar-refractivity contribution in [2.75, 3.05) is 0 Å². The molecule has 4 bridgehead atoms. The highest BCUT2D eigenvalue weighted by Gasteiger charge is 2.50. The second kappa shape index (κ2) is 4.34. The molecular weight excluding hydrogens is 252 g/mol. The number of aromatic nitrogens is 2. The van der Waals surface area contributed by atoms with Crippen LogP contribution < -0.4 is 0 Å². The Morgan fingerprint density at radius 1 is 1.25 bits per heavy atom. The lowest BCUT2D eigenvalue weighted by Gasteiger charge is -2.56. The molecule has 1 aromatic rings. The average Bonchev–Trinajstić information content (AvgIpc) is 2.72. The van der Waals surface area contributed by atoms with E-state index in [1.54, 1.807) is 6.20 Å². The van der Waals surface area contributed by atoms with Crippen LogP contribution in [0.3, 0.4) is 0 Å². The van der Waals surface area contributed by atoms with Crippen molar-refractivity contribution in [1.29, 1.82) is 0 Å². The summed E-state index contributed by atoms with van der Waals surface area (Å²) in [5.41, 5.74) is 1.20. The van der Waals surface area contributed by atoms with Gasteiger partial charge in [0.1, 0.15) is 5.82 Å². The first-order valence-corrected chi connectivity index (χ1v) is 7.85. The lowest BCUT2D eigenvalue weighted by molar-refractivity contribution is -0.136. The molecule has 0 aromatic carbocycles. The Hall–Kier alpha value is -1.32. The minimum Gasteiger partial charge on any atom is -0.481 e. The second-order valence-electron chi connectivity index (χ2n) is 7.52. The Labute approximate surface area is 119 Å². The summed E-state index contributed by atoms with van der Waals surface area (Å²) in [5.74, 6) is 3.07. The van der Waals surface area contributed by atoms with Crippen molar-refractivity contribution in [3.8, 4) is 0 Å². The van der Waals surface area contributed by atoms with Gasteiger partial charge in [-0.25, -0.2) is 4.98 Å². The van der Waals surface area contributed by atoms with Crippen molar-refractivity contribution >= 4 is 5.97 Å². The van der Waals surface area contributed by atoms with Crippen molar-refractivity contribution < 1.29 is 9.90 Å². The molecule has 0 saturated heterocycles. The molecule has 1 heterocycles. The maximum Gasteiger partial charge on any atom is 0.309 e. The zero-order valence-corrected chi connectivity index (χ0v) is 11.8. The Morgan fingerprint density at radius 2 is 1.85 bits per heavy atom. The van der Waals surface area contributed by atoms with Gasteiger partial charge in [-0.05, 0) is 61.7 Å². The predicted molar refractivity (Wildman–Crippen MR) is 74.2 cm³/mol. The van der Waals surface area contributed by atoms with E-state index in [1.165, 1.54) is 38.5 Å². The van der Waals surface area contributed by atoms with Crippen LogP contribution in [0.2, 0.25) is 0 Å². The zero-order chi connectivity index (χ0) is 13.7. The fourth-order valence-electron chi connectivity index (χ4n) is 5.61. The number of H-pyrrole nitrogens is 1. The van der Waals surface area contributed by atoms with Crippen molar-refractivity contribution in [2.24, 2.45) is 23.2 Å². The highest BCUT2D eigenvalue weighted by atomic mass is 16.4. The van der Waals surface area contributed by atoms with Crippen LogP contribution in [0, 0.1) is 23.2 Å². The molecule has 4 saturated carbocycles. The molecule has 0 radical (unpaired) electrons. The molecule has 4 fully saturated rings. The molecule has 5 rings (SSSR count). The first-order chi connectivity index (χ1) is 9.60. The molecule has 108 valence electrons. The van der Waals surface area contributed by atoms with Crippen molar-refractivity contribution in [3.05, 3.63) is 17.7 Å². The average molecular weight is 274 g/mol. The zero-order valence-electron chi connectivity index (χ0n) is 11.8. The first kappa shape index (κ1) is 12.4. The molecule has 0 amide bonds. The van der Waals surface area contributed by atoms with Crippen LogP contribution in [0.15, 0.2) is 6.20 Å². The number of aromatic amines is 1. The van der Waals surface area contributed by atoms with Gasteiger partial charge in [0.05, 0.1) is 6.42 Å². The van der Waals surface area contributed by atoms with E-state index in [-0.39, 0.29) is 6.42 Å². The van der Waals surface area contributed by atoms with Crippen LogP contribution in [0.25, 0.3) is 0 Å². The van der Waals surface area contributed by atoms with Crippen molar-refractivity contribution in [1.82, 2.24) is 9.97 Å². The summed E-state index contributed by atoms with van der Waals surface area (Å²) in [4.78, 5) is 18.4. The predicted octanol–water partition coefficient (Wildman–Crippen LogP) is 2.80. The highest BCUT2D eigenvalue weighted by molar-refractivity contribution is 5.69. The van der Waals surface area contributed by atoms with E-state index in [0.29, 0.717) is 5.41 Å². The van der Waals surface area contributed by atoms with E-state index >= 15 is 0 Å². The van der Waals surface area contributed by atoms with Gasteiger partial charge in [-0.15, -0.1) is 0 Å². The minimum absolute atomic E-state index is 0.0495. The van der Waals surface area contributed by atoms with Gasteiger partial charge < -0.3 is 10.1 Å². The first-order valence-electron chi connectivity index (χ1n) is 7.85. The molecule has 0 spiro atoms. The van der Waals surface area contributed by atoms with Crippen LogP contribution in [-0.2, 0) is 17.6 Å². The summed E-state index contributed by atoms with van der Waals surface area (Å²) in [6.07, 6.45) is 11.3. The lowest BCUT2D eigenvalue weighted by atomic mass is 9.49. The largest absolute Gasteiger partial charge is 0.481 e. The fraction of sp³-hybridized carbons (Fsp3) is 0.750. The summed E-state index contributed by atoms with van der Waals surface area (Å²) in [7, 11) is 0. The Balaban J connectivity index is 1.51. The number of aliphatic carboxylic acids is 1. The highest BCUT2D eigenvalue weighted by Crippen LogP contribution is 2.60. The molecule has 4 aliphatic rings. The second-order valence-corrected chi connectivity index (χ2v) is 7.52. The van der Waals surface area contributed by atoms with E-state index in [0.717, 1.165) is 35.7 Å². The molecule has 4 nitrogen and oxygen atoms in total. The van der Waals surface area contributed by atoms with Gasteiger partial charge in [0.2, 0.25) is 0 Å². The molecule has 0 atom stereocenters. The van der Waals surface area contributed by atoms with Gasteiger partial charge in [0, 0.05) is 18.3 Å². The van der Waals surface area contributed by atoms with E-state index in [4.69, 9.17) is 5.11 Å². The smallest absolute Gasteiger partial charge is 0.309 e. The van der Waals surface area contributed by atoms with E-state index in [2.05, 4.69) is 9.97 Å². The van der Waals surface area contributed by atoms with Crippen LogP contribution in [0.4, 0.5) is 0 Å². The number of carbonyl (C=O) groups is 1. The van der Waals surface area contributed by atoms with E-state index < -0.39 is 5.97 Å². The molecular formula is C16H22N2O2. The third-order valence-electron chi connectivity index (χ3n) is 5.73. The van der Waals surface area contributed by atoms with Gasteiger partial charge in [-0.1, -0.05) is 0 Å². The number of nitrogens with one attached hydrogen (secondary N) is 1. The molecule has 20 heavy (non-hydrogen) atoms. The minimum atomic E-state index is -0.796. The molecule has 4 aliphatic carbocycles. The third kappa shape index (κ3) is 2.15. The quantitative estimate of drug-likeness (QED) is 0.887. The fourth-order valence-corrected chi connectivity index (χ4v) is 5.61. The SMILES string of the molecule is O=C(O)Cc1cnc(CC23CC4CC(CC(C4)C2)C3)[nH]1. The molecule has 1 aromatic heterocycles. The summed E-state index contributed by atoms with van der Waals surface area (Å²) < 4.78 is 0.